The van der Waals surface area contributed by atoms with E-state index in [9.17, 15) is 9.18 Å². The molecule has 10 heteroatoms. The molecule has 2 aromatic heterocycles. The minimum Gasteiger partial charge on any atom is -0.332 e. The van der Waals surface area contributed by atoms with Gasteiger partial charge < -0.3 is 5.32 Å². The first-order valence-corrected chi connectivity index (χ1v) is 9.95. The Morgan fingerprint density at radius 1 is 1.21 bits per heavy atom. The van der Waals surface area contributed by atoms with Crippen LogP contribution >= 0.6 is 23.6 Å². The van der Waals surface area contributed by atoms with Crippen LogP contribution in [0.1, 0.15) is 23.1 Å². The van der Waals surface area contributed by atoms with Gasteiger partial charge in [-0.05, 0) is 48.6 Å². The molecule has 2 N–H and O–H groups in total. The van der Waals surface area contributed by atoms with Crippen molar-refractivity contribution in [3.63, 3.8) is 0 Å². The Kier molecular flexibility index (Phi) is 5.28. The van der Waals surface area contributed by atoms with Crippen LogP contribution in [-0.2, 0) is 6.42 Å². The highest BCUT2D eigenvalue weighted by atomic mass is 32.1. The van der Waals surface area contributed by atoms with E-state index >= 15 is 0 Å². The molecule has 0 atom stereocenters. The number of aromatic nitrogens is 4. The lowest BCUT2D eigenvalue weighted by molar-refractivity contribution is 0.0977. The van der Waals surface area contributed by atoms with E-state index < -0.39 is 11.7 Å². The van der Waals surface area contributed by atoms with E-state index in [1.807, 2.05) is 31.2 Å². The monoisotopic (exact) mass is 426 g/mol. The minimum absolute atomic E-state index is 0.142. The molecule has 2 heterocycles. The average molecular weight is 427 g/mol. The number of anilines is 1. The number of carbonyl (C=O) groups is 1. The predicted octanol–water partition coefficient (Wildman–Crippen LogP) is 3.68. The van der Waals surface area contributed by atoms with Crippen molar-refractivity contribution in [2.45, 2.75) is 13.3 Å². The zero-order valence-electron chi connectivity index (χ0n) is 15.2. The molecule has 1 amide bonds. The van der Waals surface area contributed by atoms with Gasteiger partial charge in [-0.15, -0.1) is 10.2 Å². The number of thiocarbonyl (C=S) groups is 1. The number of halogens is 1. The van der Waals surface area contributed by atoms with Crippen LogP contribution in [0.5, 0.6) is 0 Å². The van der Waals surface area contributed by atoms with Crippen molar-refractivity contribution in [1.29, 1.82) is 0 Å². The fraction of sp³-hybridized carbons (Fsp3) is 0.105. The summed E-state index contributed by atoms with van der Waals surface area (Å²) >= 11 is 6.66. The van der Waals surface area contributed by atoms with Crippen molar-refractivity contribution in [3.8, 4) is 10.6 Å². The summed E-state index contributed by atoms with van der Waals surface area (Å²) in [4.78, 5) is 12.9. The molecule has 0 aliphatic rings. The van der Waals surface area contributed by atoms with Crippen molar-refractivity contribution >= 4 is 45.2 Å². The minimum atomic E-state index is -0.417. The molecule has 0 fully saturated rings. The number of hydrogen-bond donors (Lipinski definition) is 2. The van der Waals surface area contributed by atoms with E-state index in [1.54, 1.807) is 4.52 Å². The van der Waals surface area contributed by atoms with Gasteiger partial charge in [0.25, 0.3) is 5.91 Å². The number of fused-ring (bicyclic) bond motifs is 1. The van der Waals surface area contributed by atoms with Crippen LogP contribution in [0.3, 0.4) is 0 Å². The van der Waals surface area contributed by atoms with Crippen molar-refractivity contribution in [3.05, 3.63) is 65.7 Å². The largest absolute Gasteiger partial charge is 0.332 e. The van der Waals surface area contributed by atoms with Gasteiger partial charge >= 0.3 is 0 Å². The molecule has 7 nitrogen and oxygen atoms in total. The summed E-state index contributed by atoms with van der Waals surface area (Å²) < 4.78 is 14.7. The fourth-order valence-electron chi connectivity index (χ4n) is 2.66. The van der Waals surface area contributed by atoms with Gasteiger partial charge in [-0.2, -0.15) is 9.61 Å². The van der Waals surface area contributed by atoms with E-state index in [0.717, 1.165) is 27.8 Å². The lowest BCUT2D eigenvalue weighted by atomic mass is 10.2. The number of hydrogen-bond acceptors (Lipinski definition) is 6. The third kappa shape index (κ3) is 4.13. The Labute approximate surface area is 174 Å². The maximum atomic E-state index is 13.0. The Balaban J connectivity index is 1.48. The SMILES string of the molecule is CCc1nnc2sc(-c3cccc(NC(=S)NC(=O)c4ccc(F)cc4)c3)nn12. The van der Waals surface area contributed by atoms with Crippen LogP contribution in [-0.4, -0.2) is 30.8 Å². The first kappa shape index (κ1) is 19.1. The molecule has 0 aliphatic heterocycles. The molecule has 29 heavy (non-hydrogen) atoms. The summed E-state index contributed by atoms with van der Waals surface area (Å²) in [6.45, 7) is 2.00. The third-order valence-corrected chi connectivity index (χ3v) is 5.22. The van der Waals surface area contributed by atoms with E-state index in [2.05, 4.69) is 25.9 Å². The van der Waals surface area contributed by atoms with Gasteiger partial charge in [0.1, 0.15) is 10.8 Å². The lowest BCUT2D eigenvalue weighted by Gasteiger charge is -2.10. The van der Waals surface area contributed by atoms with Gasteiger partial charge in [-0.3, -0.25) is 10.1 Å². The molecule has 0 bridgehead atoms. The smallest absolute Gasteiger partial charge is 0.257 e. The van der Waals surface area contributed by atoms with E-state index in [4.69, 9.17) is 12.2 Å². The third-order valence-electron chi connectivity index (χ3n) is 4.07. The normalized spacial score (nSPS) is 10.8. The summed E-state index contributed by atoms with van der Waals surface area (Å²) in [6.07, 6.45) is 0.744. The predicted molar refractivity (Wildman–Crippen MR) is 114 cm³/mol. The van der Waals surface area contributed by atoms with Crippen molar-refractivity contribution in [2.24, 2.45) is 0 Å². The zero-order chi connectivity index (χ0) is 20.4. The van der Waals surface area contributed by atoms with E-state index in [0.29, 0.717) is 11.3 Å². The molecule has 0 aliphatic carbocycles. The van der Waals surface area contributed by atoms with Crippen LogP contribution in [0.25, 0.3) is 15.5 Å². The van der Waals surface area contributed by atoms with Gasteiger partial charge in [-0.25, -0.2) is 4.39 Å². The van der Waals surface area contributed by atoms with E-state index in [-0.39, 0.29) is 5.11 Å². The van der Waals surface area contributed by atoms with Gasteiger partial charge in [0.2, 0.25) is 4.96 Å². The quantitative estimate of drug-likeness (QED) is 0.485. The van der Waals surface area contributed by atoms with Crippen molar-refractivity contribution in [2.75, 3.05) is 5.32 Å². The van der Waals surface area contributed by atoms with Crippen LogP contribution in [0, 0.1) is 5.82 Å². The maximum Gasteiger partial charge on any atom is 0.257 e. The highest BCUT2D eigenvalue weighted by Crippen LogP contribution is 2.27. The second kappa shape index (κ2) is 8.02. The average Bonchev–Trinajstić information content (AvgIpc) is 3.29. The van der Waals surface area contributed by atoms with Crippen molar-refractivity contribution < 1.29 is 9.18 Å². The van der Waals surface area contributed by atoms with Gasteiger partial charge in [0, 0.05) is 23.2 Å². The number of benzene rings is 2. The Hall–Kier alpha value is -3.24. The summed E-state index contributed by atoms with van der Waals surface area (Å²) in [5.41, 5.74) is 1.91. The molecule has 2 aromatic carbocycles. The van der Waals surface area contributed by atoms with Crippen LogP contribution in [0.15, 0.2) is 48.5 Å². The molecule has 0 spiro atoms. The van der Waals surface area contributed by atoms with E-state index in [1.165, 1.54) is 35.6 Å². The number of nitrogens with zero attached hydrogens (tertiary/aromatic N) is 4. The second-order valence-electron chi connectivity index (χ2n) is 6.07. The van der Waals surface area contributed by atoms with Crippen molar-refractivity contribution in [1.82, 2.24) is 25.1 Å². The lowest BCUT2D eigenvalue weighted by Crippen LogP contribution is -2.34. The van der Waals surface area contributed by atoms with Crippen LogP contribution in [0.2, 0.25) is 0 Å². The number of aryl methyl sites for hydroxylation is 1. The fourth-order valence-corrected chi connectivity index (χ4v) is 3.73. The molecule has 4 aromatic rings. The number of nitrogens with one attached hydrogen (secondary N) is 2. The van der Waals surface area contributed by atoms with Gasteiger partial charge in [0.15, 0.2) is 10.9 Å². The topological polar surface area (TPSA) is 84.2 Å². The van der Waals surface area contributed by atoms with Crippen LogP contribution in [0.4, 0.5) is 10.1 Å². The highest BCUT2D eigenvalue weighted by Gasteiger charge is 2.13. The van der Waals surface area contributed by atoms with Gasteiger partial charge in [0.05, 0.1) is 0 Å². The molecule has 4 rings (SSSR count). The van der Waals surface area contributed by atoms with Gasteiger partial charge in [-0.1, -0.05) is 30.4 Å². The molecule has 146 valence electrons. The zero-order valence-corrected chi connectivity index (χ0v) is 16.9. The molecular weight excluding hydrogens is 411 g/mol. The molecular formula is C19H15FN6OS2. The first-order chi connectivity index (χ1) is 14.0. The summed E-state index contributed by atoms with van der Waals surface area (Å²) in [5.74, 6) is -0.0172. The summed E-state index contributed by atoms with van der Waals surface area (Å²) in [7, 11) is 0. The number of amides is 1. The number of carbonyl (C=O) groups excluding carboxylic acids is 1. The summed E-state index contributed by atoms with van der Waals surface area (Å²) in [6, 6.07) is 12.7. The first-order valence-electron chi connectivity index (χ1n) is 8.73. The molecule has 0 radical (unpaired) electrons. The Morgan fingerprint density at radius 3 is 2.76 bits per heavy atom. The number of rotatable bonds is 4. The van der Waals surface area contributed by atoms with Crippen LogP contribution < -0.4 is 10.6 Å². The second-order valence-corrected chi connectivity index (χ2v) is 7.43. The molecule has 0 saturated carbocycles. The standard InChI is InChI=1S/C19H15FN6OS2/c1-2-15-23-24-19-26(15)25-17(29-19)12-4-3-5-14(10-12)21-18(28)22-16(27)11-6-8-13(20)9-7-11/h3-10H,2H2,1H3,(H2,21,22,27,28). The molecule has 0 unspecified atom stereocenters. The Morgan fingerprint density at radius 2 is 2.00 bits per heavy atom. The highest BCUT2D eigenvalue weighted by molar-refractivity contribution is 7.80. The summed E-state index contributed by atoms with van der Waals surface area (Å²) in [5, 5.41) is 19.3. The molecule has 0 saturated heterocycles. The Bertz CT molecular complexity index is 1200. The maximum absolute atomic E-state index is 13.0.